The maximum atomic E-state index is 6.01. The summed E-state index contributed by atoms with van der Waals surface area (Å²) in [4.78, 5) is 6.61. The lowest BCUT2D eigenvalue weighted by Crippen LogP contribution is -2.38. The first kappa shape index (κ1) is 12.0. The van der Waals surface area contributed by atoms with Crippen molar-refractivity contribution in [1.29, 1.82) is 0 Å². The molecule has 1 aromatic rings. The highest BCUT2D eigenvalue weighted by Gasteiger charge is 2.10. The molecule has 2 N–H and O–H groups in total. The predicted molar refractivity (Wildman–Crippen MR) is 68.6 cm³/mol. The quantitative estimate of drug-likeness (QED) is 0.617. The van der Waals surface area contributed by atoms with Crippen molar-refractivity contribution in [2.45, 2.75) is 32.2 Å². The molecule has 0 amide bonds. The lowest BCUT2D eigenvalue weighted by atomic mass is 10.2. The number of rotatable bonds is 2. The average molecular weight is 235 g/mol. The van der Waals surface area contributed by atoms with E-state index in [1.54, 1.807) is 4.68 Å². The summed E-state index contributed by atoms with van der Waals surface area (Å²) in [5.74, 6) is 0.664. The van der Waals surface area contributed by atoms with Crippen LogP contribution in [0.25, 0.3) is 0 Å². The highest BCUT2D eigenvalue weighted by atomic mass is 15.3. The van der Waals surface area contributed by atoms with Crippen LogP contribution in [-0.4, -0.2) is 33.7 Å². The van der Waals surface area contributed by atoms with Crippen molar-refractivity contribution in [3.05, 3.63) is 18.0 Å². The summed E-state index contributed by atoms with van der Waals surface area (Å²) in [5, 5.41) is 4.28. The molecule has 0 bridgehead atoms. The zero-order valence-corrected chi connectivity index (χ0v) is 10.5. The summed E-state index contributed by atoms with van der Waals surface area (Å²) in [6, 6.07) is 1.97. The van der Waals surface area contributed by atoms with Gasteiger partial charge in [-0.15, -0.1) is 0 Å². The average Bonchev–Trinajstić information content (AvgIpc) is 2.58. The van der Waals surface area contributed by atoms with Crippen LogP contribution in [-0.2, 0) is 13.6 Å². The number of hydrogen-bond donors (Lipinski definition) is 1. The molecular weight excluding hydrogens is 214 g/mol. The normalized spacial score (nSPS) is 18.2. The van der Waals surface area contributed by atoms with Crippen molar-refractivity contribution in [3.63, 3.8) is 0 Å². The standard InChI is InChI=1S/C12H21N5/c1-16-9-6-11(15-16)10-14-12(13)17-7-4-2-3-5-8-17/h6,9H,2-5,7-8,10H2,1H3,(H2,13,14). The van der Waals surface area contributed by atoms with E-state index in [9.17, 15) is 0 Å². The van der Waals surface area contributed by atoms with Crippen molar-refractivity contribution < 1.29 is 0 Å². The molecule has 0 unspecified atom stereocenters. The Morgan fingerprint density at radius 3 is 2.65 bits per heavy atom. The second kappa shape index (κ2) is 5.70. The fourth-order valence-corrected chi connectivity index (χ4v) is 2.11. The molecule has 0 aliphatic carbocycles. The molecule has 0 atom stereocenters. The molecule has 0 spiro atoms. The van der Waals surface area contributed by atoms with E-state index in [2.05, 4.69) is 15.0 Å². The van der Waals surface area contributed by atoms with Crippen molar-refractivity contribution in [1.82, 2.24) is 14.7 Å². The maximum Gasteiger partial charge on any atom is 0.191 e. The topological polar surface area (TPSA) is 59.4 Å². The van der Waals surface area contributed by atoms with E-state index < -0.39 is 0 Å². The molecule has 94 valence electrons. The third-order valence-electron chi connectivity index (χ3n) is 3.10. The maximum absolute atomic E-state index is 6.01. The number of aryl methyl sites for hydroxylation is 1. The zero-order valence-electron chi connectivity index (χ0n) is 10.5. The molecule has 1 aromatic heterocycles. The Bertz CT molecular complexity index is 374. The van der Waals surface area contributed by atoms with Gasteiger partial charge in [-0.2, -0.15) is 5.10 Å². The van der Waals surface area contributed by atoms with Gasteiger partial charge in [-0.25, -0.2) is 4.99 Å². The molecule has 2 heterocycles. The number of aromatic nitrogens is 2. The van der Waals surface area contributed by atoms with E-state index in [0.717, 1.165) is 18.8 Å². The van der Waals surface area contributed by atoms with Gasteiger partial charge in [0.25, 0.3) is 0 Å². The number of guanidine groups is 1. The first-order valence-electron chi connectivity index (χ1n) is 6.29. The highest BCUT2D eigenvalue weighted by Crippen LogP contribution is 2.09. The van der Waals surface area contributed by atoms with E-state index in [0.29, 0.717) is 12.5 Å². The molecule has 5 heteroatoms. The smallest absolute Gasteiger partial charge is 0.191 e. The van der Waals surface area contributed by atoms with E-state index in [1.807, 2.05) is 19.3 Å². The third kappa shape index (κ3) is 3.47. The van der Waals surface area contributed by atoms with Crippen LogP contribution in [0.1, 0.15) is 31.4 Å². The van der Waals surface area contributed by atoms with Gasteiger partial charge < -0.3 is 10.6 Å². The van der Waals surface area contributed by atoms with Crippen LogP contribution in [0.4, 0.5) is 0 Å². The first-order valence-corrected chi connectivity index (χ1v) is 6.29. The number of likely N-dealkylation sites (tertiary alicyclic amines) is 1. The SMILES string of the molecule is Cn1ccc(CN=C(N)N2CCCCCC2)n1. The van der Waals surface area contributed by atoms with E-state index in [1.165, 1.54) is 25.7 Å². The van der Waals surface area contributed by atoms with Crippen molar-refractivity contribution >= 4 is 5.96 Å². The Kier molecular flexibility index (Phi) is 4.01. The van der Waals surface area contributed by atoms with Gasteiger partial charge in [0.05, 0.1) is 12.2 Å². The minimum Gasteiger partial charge on any atom is -0.370 e. The third-order valence-corrected chi connectivity index (χ3v) is 3.10. The van der Waals surface area contributed by atoms with Crippen LogP contribution in [0.15, 0.2) is 17.3 Å². The lowest BCUT2D eigenvalue weighted by molar-refractivity contribution is 0.428. The predicted octanol–water partition coefficient (Wildman–Crippen LogP) is 1.11. The molecule has 1 aliphatic heterocycles. The van der Waals surface area contributed by atoms with E-state index >= 15 is 0 Å². The molecule has 5 nitrogen and oxygen atoms in total. The van der Waals surface area contributed by atoms with Crippen molar-refractivity contribution in [3.8, 4) is 0 Å². The van der Waals surface area contributed by atoms with Gasteiger partial charge in [-0.1, -0.05) is 12.8 Å². The molecule has 0 aromatic carbocycles. The van der Waals surface area contributed by atoms with Crippen LogP contribution in [0, 0.1) is 0 Å². The van der Waals surface area contributed by atoms with E-state index in [4.69, 9.17) is 5.73 Å². The van der Waals surface area contributed by atoms with Crippen LogP contribution in [0.2, 0.25) is 0 Å². The van der Waals surface area contributed by atoms with Crippen molar-refractivity contribution in [2.75, 3.05) is 13.1 Å². The Hall–Kier alpha value is -1.52. The van der Waals surface area contributed by atoms with Gasteiger partial charge in [0, 0.05) is 26.3 Å². The summed E-state index contributed by atoms with van der Waals surface area (Å²) in [6.45, 7) is 2.65. The fourth-order valence-electron chi connectivity index (χ4n) is 2.11. The Balaban J connectivity index is 1.91. The summed E-state index contributed by atoms with van der Waals surface area (Å²) in [6.07, 6.45) is 6.99. The lowest BCUT2D eigenvalue weighted by Gasteiger charge is -2.20. The minimum atomic E-state index is 0.573. The largest absolute Gasteiger partial charge is 0.370 e. The Morgan fingerprint density at radius 1 is 1.35 bits per heavy atom. The number of hydrogen-bond acceptors (Lipinski definition) is 2. The van der Waals surface area contributed by atoms with Gasteiger partial charge >= 0.3 is 0 Å². The Labute approximate surface area is 102 Å². The Morgan fingerprint density at radius 2 is 2.06 bits per heavy atom. The van der Waals surface area contributed by atoms with Crippen LogP contribution >= 0.6 is 0 Å². The van der Waals surface area contributed by atoms with Gasteiger partial charge in [-0.05, 0) is 18.9 Å². The molecule has 2 rings (SSSR count). The van der Waals surface area contributed by atoms with Gasteiger partial charge in [-0.3, -0.25) is 4.68 Å². The first-order chi connectivity index (χ1) is 8.25. The minimum absolute atomic E-state index is 0.573. The van der Waals surface area contributed by atoms with Gasteiger partial charge in [0.2, 0.25) is 0 Å². The molecular formula is C12H21N5. The van der Waals surface area contributed by atoms with Gasteiger partial charge in [0.15, 0.2) is 5.96 Å². The molecule has 0 saturated carbocycles. The van der Waals surface area contributed by atoms with Crippen LogP contribution in [0.5, 0.6) is 0 Å². The molecule has 17 heavy (non-hydrogen) atoms. The number of nitrogens with two attached hydrogens (primary N) is 1. The van der Waals surface area contributed by atoms with E-state index in [-0.39, 0.29) is 0 Å². The van der Waals surface area contributed by atoms with Gasteiger partial charge in [0.1, 0.15) is 0 Å². The number of nitrogens with zero attached hydrogens (tertiary/aromatic N) is 4. The molecule has 1 aliphatic rings. The monoisotopic (exact) mass is 235 g/mol. The summed E-state index contributed by atoms with van der Waals surface area (Å²) < 4.78 is 1.78. The summed E-state index contributed by atoms with van der Waals surface area (Å²) in [5.41, 5.74) is 6.98. The zero-order chi connectivity index (χ0) is 12.1. The summed E-state index contributed by atoms with van der Waals surface area (Å²) in [7, 11) is 1.91. The molecule has 0 radical (unpaired) electrons. The van der Waals surface area contributed by atoms with Crippen molar-refractivity contribution in [2.24, 2.45) is 17.8 Å². The number of aliphatic imine (C=N–C) groups is 1. The van der Waals surface area contributed by atoms with Crippen LogP contribution < -0.4 is 5.73 Å². The molecule has 1 saturated heterocycles. The van der Waals surface area contributed by atoms with Crippen LogP contribution in [0.3, 0.4) is 0 Å². The second-order valence-corrected chi connectivity index (χ2v) is 4.56. The summed E-state index contributed by atoms with van der Waals surface area (Å²) >= 11 is 0. The fraction of sp³-hybridized carbons (Fsp3) is 0.667. The molecule has 1 fully saturated rings. The second-order valence-electron chi connectivity index (χ2n) is 4.56. The highest BCUT2D eigenvalue weighted by molar-refractivity contribution is 5.78.